The predicted molar refractivity (Wildman–Crippen MR) is 300 cm³/mol. The summed E-state index contributed by atoms with van der Waals surface area (Å²) >= 11 is 0. The van der Waals surface area contributed by atoms with Gasteiger partial charge in [-0.1, -0.05) is 184 Å². The van der Waals surface area contributed by atoms with Crippen LogP contribution >= 0.6 is 0 Å². The van der Waals surface area contributed by atoms with Crippen LogP contribution in [0.5, 0.6) is 11.5 Å². The Morgan fingerprint density at radius 1 is 0.465 bits per heavy atom. The molecule has 0 amide bonds. The van der Waals surface area contributed by atoms with Crippen molar-refractivity contribution in [2.75, 3.05) is 16.5 Å². The van der Waals surface area contributed by atoms with Gasteiger partial charge in [0.15, 0.2) is 0 Å². The molecule has 0 atom stereocenters. The van der Waals surface area contributed by atoms with Crippen molar-refractivity contribution in [2.24, 2.45) is 0 Å². The van der Waals surface area contributed by atoms with Crippen molar-refractivity contribution < 1.29 is 11.6 Å². The Morgan fingerprint density at radius 3 is 1.85 bits per heavy atom. The SMILES string of the molecule is [2H]c1c([2H])c([2H])c(-c2cccc(-c3cccc(C(C)(C)C)c3)c2N2CN(c3cccc(Oc4ccc5c6cc(-c7ccc(C(C)(C)C)cc7)ccc6n(-c6cc(C(C)(C)C)ccn6)c5c4)c3)c3ccccc32)c([2H])c1[2H]. The zero-order valence-corrected chi connectivity index (χ0v) is 42.1. The van der Waals surface area contributed by atoms with Crippen LogP contribution < -0.4 is 14.5 Å². The van der Waals surface area contributed by atoms with E-state index in [1.807, 2.05) is 48.7 Å². The highest BCUT2D eigenvalue weighted by Gasteiger charge is 2.32. The summed E-state index contributed by atoms with van der Waals surface area (Å²) in [7, 11) is 0. The van der Waals surface area contributed by atoms with Crippen LogP contribution in [0.2, 0.25) is 0 Å². The molecule has 0 N–H and O–H groups in total. The first-order valence-electron chi connectivity index (χ1n) is 27.0. The molecular weight excluding hydrogens is 865 g/mol. The van der Waals surface area contributed by atoms with E-state index in [4.69, 9.17) is 16.6 Å². The standard InChI is InChI=1S/C66H62N4O/c1-64(2,3)48-31-28-44(29-32-48)46-30-35-58-57(39-46)56-34-33-53(42-61(56)70(58)62-40-50(36-37-67-62)66(7,8)9)71-52-23-16-22-51(41-52)68-43-69(60-27-14-13-26-59(60)68)63-54(45-18-11-10-12-19-45)24-17-25-55(63)47-20-15-21-49(38-47)65(4,5)6/h10-42H,43H2,1-9H3/i10D,11D,12D,18D,19D. The van der Waals surface area contributed by atoms with Crippen LogP contribution in [0.15, 0.2) is 200 Å². The quantitative estimate of drug-likeness (QED) is 0.152. The second-order valence-corrected chi connectivity index (χ2v) is 21.8. The Morgan fingerprint density at radius 2 is 1.11 bits per heavy atom. The Bertz CT molecular complexity index is 3890. The van der Waals surface area contributed by atoms with E-state index in [2.05, 4.69) is 198 Å². The number of rotatable bonds is 8. The summed E-state index contributed by atoms with van der Waals surface area (Å²) in [6.45, 7) is 20.3. The highest BCUT2D eigenvalue weighted by Crippen LogP contribution is 2.51. The first-order valence-corrected chi connectivity index (χ1v) is 24.5. The Hall–Kier alpha value is -7.89. The molecule has 8 aromatic carbocycles. The van der Waals surface area contributed by atoms with Gasteiger partial charge >= 0.3 is 0 Å². The maximum atomic E-state index is 9.17. The largest absolute Gasteiger partial charge is 0.457 e. The van der Waals surface area contributed by atoms with Crippen molar-refractivity contribution in [2.45, 2.75) is 78.6 Å². The van der Waals surface area contributed by atoms with E-state index in [0.29, 0.717) is 23.7 Å². The van der Waals surface area contributed by atoms with E-state index in [0.717, 1.165) is 78.2 Å². The van der Waals surface area contributed by atoms with Crippen LogP contribution in [-0.2, 0) is 16.2 Å². The zero-order chi connectivity index (χ0) is 53.6. The Kier molecular flexibility index (Phi) is 9.84. The van der Waals surface area contributed by atoms with E-state index in [1.54, 1.807) is 0 Å². The minimum Gasteiger partial charge on any atom is -0.457 e. The molecule has 10 aromatic rings. The topological polar surface area (TPSA) is 33.5 Å². The van der Waals surface area contributed by atoms with Crippen LogP contribution in [0.4, 0.5) is 22.7 Å². The van der Waals surface area contributed by atoms with Gasteiger partial charge in [-0.3, -0.25) is 4.57 Å². The summed E-state index contributed by atoms with van der Waals surface area (Å²) in [5.74, 6) is 2.17. The Labute approximate surface area is 426 Å². The van der Waals surface area contributed by atoms with Crippen LogP contribution in [-0.4, -0.2) is 16.2 Å². The lowest BCUT2D eigenvalue weighted by atomic mass is 9.85. The number of nitrogens with zero attached hydrogens (tertiary/aromatic N) is 4. The fourth-order valence-corrected chi connectivity index (χ4v) is 9.94. The average molecular weight is 932 g/mol. The maximum Gasteiger partial charge on any atom is 0.137 e. The summed E-state index contributed by atoms with van der Waals surface area (Å²) in [4.78, 5) is 9.42. The molecule has 1 aliphatic heterocycles. The molecule has 11 rings (SSSR count). The number of para-hydroxylation sites is 3. The fraction of sp³-hybridized carbons (Fsp3) is 0.197. The lowest BCUT2D eigenvalue weighted by molar-refractivity contribution is 0.483. The average Bonchev–Trinajstić information content (AvgIpc) is 3.96. The van der Waals surface area contributed by atoms with Gasteiger partial charge in [-0.15, -0.1) is 0 Å². The summed E-state index contributed by atoms with van der Waals surface area (Å²) in [6.07, 6.45) is 1.90. The molecule has 0 saturated carbocycles. The first kappa shape index (κ1) is 39.9. The van der Waals surface area contributed by atoms with Gasteiger partial charge in [0, 0.05) is 45.9 Å². The van der Waals surface area contributed by atoms with E-state index in [-0.39, 0.29) is 46.0 Å². The maximum absolute atomic E-state index is 9.17. The van der Waals surface area contributed by atoms with E-state index < -0.39 is 6.04 Å². The molecule has 2 aromatic heterocycles. The van der Waals surface area contributed by atoms with Gasteiger partial charge in [0.25, 0.3) is 0 Å². The van der Waals surface area contributed by atoms with E-state index in [1.165, 1.54) is 11.1 Å². The number of aromatic nitrogens is 2. The number of pyridine rings is 1. The van der Waals surface area contributed by atoms with Gasteiger partial charge in [0.1, 0.15) is 24.0 Å². The van der Waals surface area contributed by atoms with Crippen molar-refractivity contribution in [1.82, 2.24) is 9.55 Å². The van der Waals surface area contributed by atoms with Crippen LogP contribution in [0.1, 0.15) is 85.9 Å². The van der Waals surface area contributed by atoms with Crippen molar-refractivity contribution in [3.63, 3.8) is 0 Å². The summed E-state index contributed by atoms with van der Waals surface area (Å²) in [5, 5.41) is 2.22. The van der Waals surface area contributed by atoms with Gasteiger partial charge in [-0.05, 0) is 116 Å². The monoisotopic (exact) mass is 932 g/mol. The molecule has 0 unspecified atom stereocenters. The minimum absolute atomic E-state index is 0.0621. The molecule has 0 saturated heterocycles. The molecule has 352 valence electrons. The molecule has 71 heavy (non-hydrogen) atoms. The summed E-state index contributed by atoms with van der Waals surface area (Å²) in [5.41, 5.74) is 13.9. The van der Waals surface area contributed by atoms with Gasteiger partial charge in [0.05, 0.1) is 34.9 Å². The third-order valence-electron chi connectivity index (χ3n) is 13.9. The number of ether oxygens (including phenoxy) is 1. The molecule has 0 fully saturated rings. The smallest absolute Gasteiger partial charge is 0.137 e. The first-order chi connectivity index (χ1) is 36.2. The number of fused-ring (bicyclic) bond motifs is 4. The van der Waals surface area contributed by atoms with Crippen LogP contribution in [0.25, 0.3) is 61.0 Å². The molecule has 0 spiro atoms. The van der Waals surface area contributed by atoms with E-state index >= 15 is 0 Å². The van der Waals surface area contributed by atoms with Gasteiger partial charge in [0.2, 0.25) is 0 Å². The predicted octanol–water partition coefficient (Wildman–Crippen LogP) is 18.1. The second-order valence-electron chi connectivity index (χ2n) is 21.8. The number of hydrogen-bond donors (Lipinski definition) is 0. The second kappa shape index (κ2) is 17.5. The lowest BCUT2D eigenvalue weighted by Gasteiger charge is -2.28. The normalized spacial score (nSPS) is 14.0. The lowest BCUT2D eigenvalue weighted by Crippen LogP contribution is -2.25. The molecule has 0 aliphatic carbocycles. The summed E-state index contributed by atoms with van der Waals surface area (Å²) < 4.78 is 53.3. The Balaban J connectivity index is 1.00. The third kappa shape index (κ3) is 8.65. The van der Waals surface area contributed by atoms with Crippen molar-refractivity contribution >= 4 is 44.6 Å². The van der Waals surface area contributed by atoms with Crippen molar-refractivity contribution in [3.8, 4) is 50.7 Å². The van der Waals surface area contributed by atoms with Crippen LogP contribution in [0.3, 0.4) is 0 Å². The summed E-state index contributed by atoms with van der Waals surface area (Å²) in [6, 6.07) is 55.2. The molecule has 3 heterocycles. The van der Waals surface area contributed by atoms with Crippen molar-refractivity contribution in [3.05, 3.63) is 217 Å². The molecular formula is C66H62N4O. The number of anilines is 4. The molecule has 5 heteroatoms. The molecule has 5 nitrogen and oxygen atoms in total. The van der Waals surface area contributed by atoms with Crippen molar-refractivity contribution in [1.29, 1.82) is 0 Å². The van der Waals surface area contributed by atoms with Crippen LogP contribution in [0, 0.1) is 0 Å². The number of benzene rings is 8. The molecule has 0 radical (unpaired) electrons. The fourth-order valence-electron chi connectivity index (χ4n) is 9.94. The molecule has 0 bridgehead atoms. The van der Waals surface area contributed by atoms with Gasteiger partial charge in [-0.2, -0.15) is 0 Å². The molecule has 1 aliphatic rings. The minimum atomic E-state index is -0.425. The number of hydrogen-bond acceptors (Lipinski definition) is 4. The highest BCUT2D eigenvalue weighted by atomic mass is 16.5. The highest BCUT2D eigenvalue weighted by molar-refractivity contribution is 6.11. The van der Waals surface area contributed by atoms with Gasteiger partial charge in [-0.25, -0.2) is 4.98 Å². The zero-order valence-electron chi connectivity index (χ0n) is 47.1. The van der Waals surface area contributed by atoms with Gasteiger partial charge < -0.3 is 14.5 Å². The third-order valence-corrected chi connectivity index (χ3v) is 13.9. The van der Waals surface area contributed by atoms with E-state index in [9.17, 15) is 0 Å².